The molecule has 1 N–H and O–H groups in total. The van der Waals surface area contributed by atoms with Crippen LogP contribution in [-0.4, -0.2) is 20.9 Å². The largest absolute Gasteiger partial charge is 0.476 e. The minimum atomic E-state index is -1.11. The van der Waals surface area contributed by atoms with Gasteiger partial charge < -0.3 is 5.11 Å². The lowest BCUT2D eigenvalue weighted by molar-refractivity contribution is 0.0690. The molecule has 0 aliphatic rings. The van der Waals surface area contributed by atoms with Crippen molar-refractivity contribution in [2.75, 3.05) is 0 Å². The molecule has 6 heteroatoms. The Labute approximate surface area is 105 Å². The molecule has 4 nitrogen and oxygen atoms in total. The Morgan fingerprint density at radius 2 is 2.18 bits per heavy atom. The van der Waals surface area contributed by atoms with Gasteiger partial charge in [-0.2, -0.15) is 5.10 Å². The summed E-state index contributed by atoms with van der Waals surface area (Å²) < 4.78 is 15.1. The molecule has 0 amide bonds. The minimum absolute atomic E-state index is 0.0640. The predicted octanol–water partition coefficient (Wildman–Crippen LogP) is 2.78. The predicted molar refractivity (Wildman–Crippen MR) is 62.9 cm³/mol. The number of hydrogen-bond donors (Lipinski definition) is 1. The summed E-state index contributed by atoms with van der Waals surface area (Å²) >= 11 is 3.05. The molecular weight excluding hydrogens is 291 g/mol. The molecule has 0 spiro atoms. The highest BCUT2D eigenvalue weighted by molar-refractivity contribution is 9.10. The standard InChI is InChI=1S/C11H8BrFN2O2/c1-6-4-10(11(16)17)14-15(6)7-2-3-8(12)9(13)5-7/h2-5H,1H3,(H,16,17). The van der Waals surface area contributed by atoms with Crippen molar-refractivity contribution in [3.63, 3.8) is 0 Å². The molecule has 0 unspecified atom stereocenters. The summed E-state index contributed by atoms with van der Waals surface area (Å²) in [7, 11) is 0. The van der Waals surface area contributed by atoms with Crippen molar-refractivity contribution in [2.24, 2.45) is 0 Å². The monoisotopic (exact) mass is 298 g/mol. The van der Waals surface area contributed by atoms with Crippen LogP contribution >= 0.6 is 15.9 Å². The van der Waals surface area contributed by atoms with Crippen LogP contribution < -0.4 is 0 Å². The number of rotatable bonds is 2. The van der Waals surface area contributed by atoms with Gasteiger partial charge in [0.05, 0.1) is 10.2 Å². The summed E-state index contributed by atoms with van der Waals surface area (Å²) in [4.78, 5) is 10.8. The van der Waals surface area contributed by atoms with E-state index in [1.54, 1.807) is 19.1 Å². The van der Waals surface area contributed by atoms with Gasteiger partial charge in [0.2, 0.25) is 0 Å². The molecule has 88 valence electrons. The second-order valence-electron chi connectivity index (χ2n) is 3.49. The molecule has 1 aromatic heterocycles. The van der Waals surface area contributed by atoms with Crippen molar-refractivity contribution in [3.05, 3.63) is 45.9 Å². The van der Waals surface area contributed by atoms with E-state index in [-0.39, 0.29) is 5.69 Å². The fourth-order valence-electron chi connectivity index (χ4n) is 1.46. The minimum Gasteiger partial charge on any atom is -0.476 e. The fourth-order valence-corrected chi connectivity index (χ4v) is 1.70. The van der Waals surface area contributed by atoms with E-state index < -0.39 is 11.8 Å². The first-order valence-electron chi connectivity index (χ1n) is 4.74. The highest BCUT2D eigenvalue weighted by Crippen LogP contribution is 2.20. The van der Waals surface area contributed by atoms with Gasteiger partial charge in [-0.3, -0.25) is 0 Å². The summed E-state index contributed by atoms with van der Waals surface area (Å²) in [6.45, 7) is 1.71. The topological polar surface area (TPSA) is 55.1 Å². The maximum atomic E-state index is 13.4. The number of aromatic nitrogens is 2. The van der Waals surface area contributed by atoms with Crippen LogP contribution in [0.25, 0.3) is 5.69 Å². The Bertz CT molecular complexity index is 595. The number of benzene rings is 1. The number of aromatic carboxylic acids is 1. The molecular formula is C11H8BrFN2O2. The third-order valence-corrected chi connectivity index (χ3v) is 2.90. The van der Waals surface area contributed by atoms with Gasteiger partial charge in [-0.1, -0.05) is 0 Å². The van der Waals surface area contributed by atoms with E-state index in [1.165, 1.54) is 16.8 Å². The van der Waals surface area contributed by atoms with Crippen molar-refractivity contribution in [1.82, 2.24) is 9.78 Å². The number of hydrogen-bond acceptors (Lipinski definition) is 2. The van der Waals surface area contributed by atoms with Crippen LogP contribution in [-0.2, 0) is 0 Å². The average Bonchev–Trinajstić information content (AvgIpc) is 2.65. The van der Waals surface area contributed by atoms with Crippen molar-refractivity contribution >= 4 is 21.9 Å². The molecule has 0 aliphatic heterocycles. The molecule has 2 rings (SSSR count). The second-order valence-corrected chi connectivity index (χ2v) is 4.34. The molecule has 0 fully saturated rings. The fraction of sp³-hybridized carbons (Fsp3) is 0.0909. The average molecular weight is 299 g/mol. The van der Waals surface area contributed by atoms with Gasteiger partial charge in [-0.25, -0.2) is 13.9 Å². The van der Waals surface area contributed by atoms with Crippen LogP contribution in [0.4, 0.5) is 4.39 Å². The zero-order valence-corrected chi connectivity index (χ0v) is 10.4. The molecule has 0 bridgehead atoms. The van der Waals surface area contributed by atoms with E-state index in [0.29, 0.717) is 15.9 Å². The Morgan fingerprint density at radius 1 is 1.47 bits per heavy atom. The van der Waals surface area contributed by atoms with Gasteiger partial charge in [0, 0.05) is 11.8 Å². The maximum absolute atomic E-state index is 13.4. The lowest BCUT2D eigenvalue weighted by Crippen LogP contribution is -2.02. The van der Waals surface area contributed by atoms with Crippen molar-refractivity contribution in [3.8, 4) is 5.69 Å². The molecule has 0 saturated heterocycles. The number of carbonyl (C=O) groups is 1. The lowest BCUT2D eigenvalue weighted by atomic mass is 10.3. The number of nitrogens with zero attached hydrogens (tertiary/aromatic N) is 2. The van der Waals surface area contributed by atoms with E-state index >= 15 is 0 Å². The van der Waals surface area contributed by atoms with E-state index in [1.807, 2.05) is 0 Å². The number of halogens is 2. The van der Waals surface area contributed by atoms with Gasteiger partial charge in [0.25, 0.3) is 0 Å². The summed E-state index contributed by atoms with van der Waals surface area (Å²) in [5.74, 6) is -1.53. The summed E-state index contributed by atoms with van der Waals surface area (Å²) in [6.07, 6.45) is 0. The van der Waals surface area contributed by atoms with Gasteiger partial charge in [-0.05, 0) is 41.1 Å². The van der Waals surface area contributed by atoms with Crippen LogP contribution in [0.5, 0.6) is 0 Å². The second kappa shape index (κ2) is 4.29. The van der Waals surface area contributed by atoms with E-state index in [2.05, 4.69) is 21.0 Å². The van der Waals surface area contributed by atoms with Crippen LogP contribution in [0.1, 0.15) is 16.2 Å². The normalized spacial score (nSPS) is 10.5. The van der Waals surface area contributed by atoms with Crippen LogP contribution in [0.15, 0.2) is 28.7 Å². The third kappa shape index (κ3) is 2.21. The maximum Gasteiger partial charge on any atom is 0.356 e. The van der Waals surface area contributed by atoms with Crippen LogP contribution in [0.2, 0.25) is 0 Å². The molecule has 17 heavy (non-hydrogen) atoms. The van der Waals surface area contributed by atoms with Crippen molar-refractivity contribution in [2.45, 2.75) is 6.92 Å². The summed E-state index contributed by atoms with van der Waals surface area (Å²) in [5.41, 5.74) is 1.05. The van der Waals surface area contributed by atoms with Gasteiger partial charge >= 0.3 is 5.97 Å². The highest BCUT2D eigenvalue weighted by atomic mass is 79.9. The molecule has 2 aromatic rings. The zero-order valence-electron chi connectivity index (χ0n) is 8.82. The van der Waals surface area contributed by atoms with Gasteiger partial charge in [-0.15, -0.1) is 0 Å². The van der Waals surface area contributed by atoms with Crippen LogP contribution in [0, 0.1) is 12.7 Å². The van der Waals surface area contributed by atoms with Crippen LogP contribution in [0.3, 0.4) is 0 Å². The van der Waals surface area contributed by atoms with Crippen molar-refractivity contribution < 1.29 is 14.3 Å². The molecule has 0 radical (unpaired) electrons. The quantitative estimate of drug-likeness (QED) is 0.927. The molecule has 0 saturated carbocycles. The van der Waals surface area contributed by atoms with E-state index in [9.17, 15) is 9.18 Å². The summed E-state index contributed by atoms with van der Waals surface area (Å²) in [6, 6.07) is 5.92. The molecule has 1 heterocycles. The van der Waals surface area contributed by atoms with E-state index in [4.69, 9.17) is 5.11 Å². The zero-order chi connectivity index (χ0) is 12.6. The van der Waals surface area contributed by atoms with E-state index in [0.717, 1.165) is 0 Å². The Hall–Kier alpha value is -1.69. The first-order valence-corrected chi connectivity index (χ1v) is 5.53. The smallest absolute Gasteiger partial charge is 0.356 e. The first-order chi connectivity index (χ1) is 7.99. The first kappa shape index (κ1) is 11.8. The number of carboxylic acid groups (broad SMARTS) is 1. The Kier molecular flexibility index (Phi) is 2.97. The number of aryl methyl sites for hydroxylation is 1. The third-order valence-electron chi connectivity index (χ3n) is 2.25. The van der Waals surface area contributed by atoms with Crippen molar-refractivity contribution in [1.29, 1.82) is 0 Å². The number of carboxylic acids is 1. The molecule has 0 aliphatic carbocycles. The molecule has 0 atom stereocenters. The molecule has 1 aromatic carbocycles. The highest BCUT2D eigenvalue weighted by Gasteiger charge is 2.12. The Balaban J connectivity index is 2.52. The van der Waals surface area contributed by atoms with Gasteiger partial charge in [0.1, 0.15) is 5.82 Å². The lowest BCUT2D eigenvalue weighted by Gasteiger charge is -2.04. The van der Waals surface area contributed by atoms with Gasteiger partial charge in [0.15, 0.2) is 5.69 Å². The SMILES string of the molecule is Cc1cc(C(=O)O)nn1-c1ccc(Br)c(F)c1. The Morgan fingerprint density at radius 3 is 2.71 bits per heavy atom. The summed E-state index contributed by atoms with van der Waals surface area (Å²) in [5, 5.41) is 12.7.